The molecular weight excluding hydrogens is 272 g/mol. The normalized spacial score (nSPS) is 10.4. The molecule has 108 valence electrons. The maximum atomic E-state index is 11.0. The first-order valence-corrected chi connectivity index (χ1v) is 6.41. The quantitative estimate of drug-likeness (QED) is 0.668. The Kier molecular flexibility index (Phi) is 4.18. The van der Waals surface area contributed by atoms with Gasteiger partial charge in [-0.1, -0.05) is 26.0 Å². The van der Waals surface area contributed by atoms with Crippen molar-refractivity contribution in [3.8, 4) is 17.5 Å². The third kappa shape index (κ3) is 3.17. The van der Waals surface area contributed by atoms with Crippen molar-refractivity contribution in [1.82, 2.24) is 4.98 Å². The average molecular weight is 286 g/mol. The van der Waals surface area contributed by atoms with Crippen LogP contribution in [0.3, 0.4) is 0 Å². The summed E-state index contributed by atoms with van der Waals surface area (Å²) in [5, 5.41) is 23.1. The Morgan fingerprint density at radius 3 is 2.81 bits per heavy atom. The number of rotatable bonds is 5. The van der Waals surface area contributed by atoms with Crippen molar-refractivity contribution in [3.63, 3.8) is 0 Å². The van der Waals surface area contributed by atoms with Crippen molar-refractivity contribution < 1.29 is 9.34 Å². The van der Waals surface area contributed by atoms with Crippen LogP contribution in [0.1, 0.15) is 19.5 Å². The van der Waals surface area contributed by atoms with Crippen LogP contribution in [-0.4, -0.2) is 16.5 Å². The van der Waals surface area contributed by atoms with Gasteiger partial charge in [0.15, 0.2) is 0 Å². The van der Waals surface area contributed by atoms with Gasteiger partial charge in [-0.25, -0.2) is 0 Å². The number of aromatic nitrogens is 1. The molecule has 1 aromatic heterocycles. The third-order valence-electron chi connectivity index (χ3n) is 2.74. The van der Waals surface area contributed by atoms with Gasteiger partial charge in [-0.05, 0) is 12.0 Å². The first kappa shape index (κ1) is 14.5. The summed E-state index contributed by atoms with van der Waals surface area (Å²) in [5.74, 6) is 0.653. The van der Waals surface area contributed by atoms with Gasteiger partial charge in [0.25, 0.3) is 5.69 Å². The molecule has 0 saturated heterocycles. The molecule has 1 heterocycles. The molecule has 0 aliphatic carbocycles. The monoisotopic (exact) mass is 286 g/mol. The molecule has 0 spiro atoms. The molecule has 0 radical (unpaired) electrons. The van der Waals surface area contributed by atoms with Gasteiger partial charge < -0.3 is 9.73 Å². The molecule has 1 N–H and O–H groups in total. The van der Waals surface area contributed by atoms with E-state index in [1.165, 1.54) is 12.1 Å². The standard InChI is InChI=1S/C14H14N4O3/c1-9(2)8-16-14-11(7-15)17-13(21-14)10-5-3-4-6-12(10)18(19)20/h3-6,9,16H,8H2,1-2H3. The highest BCUT2D eigenvalue weighted by atomic mass is 16.6. The molecule has 7 nitrogen and oxygen atoms in total. The molecular formula is C14H14N4O3. The Balaban J connectivity index is 2.42. The zero-order valence-electron chi connectivity index (χ0n) is 11.7. The van der Waals surface area contributed by atoms with Crippen molar-refractivity contribution in [2.45, 2.75) is 13.8 Å². The average Bonchev–Trinajstić information content (AvgIpc) is 2.88. The summed E-state index contributed by atoms with van der Waals surface area (Å²) in [5.41, 5.74) is 0.221. The minimum atomic E-state index is -0.507. The van der Waals surface area contributed by atoms with Gasteiger partial charge in [0.05, 0.1) is 4.92 Å². The fourth-order valence-corrected chi connectivity index (χ4v) is 1.74. The molecule has 0 atom stereocenters. The van der Waals surface area contributed by atoms with Crippen molar-refractivity contribution in [2.75, 3.05) is 11.9 Å². The topological polar surface area (TPSA) is 105 Å². The predicted molar refractivity (Wildman–Crippen MR) is 76.6 cm³/mol. The van der Waals surface area contributed by atoms with E-state index < -0.39 is 4.92 Å². The lowest BCUT2D eigenvalue weighted by molar-refractivity contribution is -0.384. The fourth-order valence-electron chi connectivity index (χ4n) is 1.74. The molecule has 0 aliphatic rings. The lowest BCUT2D eigenvalue weighted by atomic mass is 10.2. The predicted octanol–water partition coefficient (Wildman–Crippen LogP) is 3.19. The first-order chi connectivity index (χ1) is 10.0. The molecule has 21 heavy (non-hydrogen) atoms. The van der Waals surface area contributed by atoms with Crippen molar-refractivity contribution >= 4 is 11.6 Å². The number of benzene rings is 1. The van der Waals surface area contributed by atoms with Gasteiger partial charge in [-0.15, -0.1) is 0 Å². The molecule has 0 fully saturated rings. The smallest absolute Gasteiger partial charge is 0.282 e. The highest BCUT2D eigenvalue weighted by molar-refractivity contribution is 5.68. The highest BCUT2D eigenvalue weighted by Gasteiger charge is 2.21. The molecule has 7 heteroatoms. The van der Waals surface area contributed by atoms with Crippen molar-refractivity contribution in [2.24, 2.45) is 5.92 Å². The van der Waals surface area contributed by atoms with Gasteiger partial charge in [0.2, 0.25) is 17.5 Å². The summed E-state index contributed by atoms with van der Waals surface area (Å²) in [4.78, 5) is 14.5. The second-order valence-corrected chi connectivity index (χ2v) is 4.86. The Labute approximate surface area is 121 Å². The Hall–Kier alpha value is -2.88. The number of hydrogen-bond donors (Lipinski definition) is 1. The number of hydrogen-bond acceptors (Lipinski definition) is 6. The van der Waals surface area contributed by atoms with E-state index in [2.05, 4.69) is 10.3 Å². The van der Waals surface area contributed by atoms with Gasteiger partial charge in [-0.2, -0.15) is 10.2 Å². The van der Waals surface area contributed by atoms with E-state index in [9.17, 15) is 10.1 Å². The summed E-state index contributed by atoms with van der Waals surface area (Å²) < 4.78 is 5.48. The van der Waals surface area contributed by atoms with Crippen LogP contribution in [0.25, 0.3) is 11.5 Å². The van der Waals surface area contributed by atoms with Gasteiger partial charge >= 0.3 is 0 Å². The molecule has 0 amide bonds. The molecule has 0 bridgehead atoms. The van der Waals surface area contributed by atoms with Gasteiger partial charge in [0, 0.05) is 12.6 Å². The SMILES string of the molecule is CC(C)CNc1oc(-c2ccccc2[N+](=O)[O-])nc1C#N. The van der Waals surface area contributed by atoms with Gasteiger partial charge in [-0.3, -0.25) is 10.1 Å². The number of anilines is 1. The van der Waals surface area contributed by atoms with E-state index in [4.69, 9.17) is 9.68 Å². The van der Waals surface area contributed by atoms with E-state index in [0.717, 1.165) is 0 Å². The number of nitro groups is 1. The van der Waals surface area contributed by atoms with Crippen LogP contribution in [0.4, 0.5) is 11.6 Å². The molecule has 2 rings (SSSR count). The number of nitriles is 1. The van der Waals surface area contributed by atoms with Crippen LogP contribution in [0, 0.1) is 27.4 Å². The summed E-state index contributed by atoms with van der Waals surface area (Å²) in [6.07, 6.45) is 0. The first-order valence-electron chi connectivity index (χ1n) is 6.41. The van der Waals surface area contributed by atoms with E-state index >= 15 is 0 Å². The van der Waals surface area contributed by atoms with Crippen LogP contribution >= 0.6 is 0 Å². The lowest BCUT2D eigenvalue weighted by Crippen LogP contribution is -2.08. The maximum Gasteiger partial charge on any atom is 0.282 e. The largest absolute Gasteiger partial charge is 0.419 e. The number of oxazole rings is 1. The number of nitrogens with one attached hydrogen (secondary N) is 1. The van der Waals surface area contributed by atoms with Gasteiger partial charge in [0.1, 0.15) is 11.6 Å². The number of para-hydroxylation sites is 1. The van der Waals surface area contributed by atoms with Crippen molar-refractivity contribution in [3.05, 3.63) is 40.1 Å². The summed E-state index contributed by atoms with van der Waals surface area (Å²) in [6.45, 7) is 4.64. The summed E-state index contributed by atoms with van der Waals surface area (Å²) >= 11 is 0. The molecule has 1 aromatic carbocycles. The van der Waals surface area contributed by atoms with Crippen LogP contribution in [0.2, 0.25) is 0 Å². The maximum absolute atomic E-state index is 11.0. The Morgan fingerprint density at radius 2 is 2.19 bits per heavy atom. The van der Waals surface area contributed by atoms with E-state index in [1.807, 2.05) is 19.9 Å². The number of nitrogens with zero attached hydrogens (tertiary/aromatic N) is 3. The van der Waals surface area contributed by atoms with Crippen LogP contribution in [0.15, 0.2) is 28.7 Å². The molecule has 0 unspecified atom stereocenters. The van der Waals surface area contributed by atoms with Crippen molar-refractivity contribution in [1.29, 1.82) is 5.26 Å². The summed E-state index contributed by atoms with van der Waals surface area (Å²) in [6, 6.07) is 8.04. The Morgan fingerprint density at radius 1 is 1.48 bits per heavy atom. The fraction of sp³-hybridized carbons (Fsp3) is 0.286. The third-order valence-corrected chi connectivity index (χ3v) is 2.74. The Bertz CT molecular complexity index is 700. The van der Waals surface area contributed by atoms with E-state index in [1.54, 1.807) is 12.1 Å². The second-order valence-electron chi connectivity index (χ2n) is 4.86. The van der Waals surface area contributed by atoms with Crippen LogP contribution < -0.4 is 5.32 Å². The van der Waals surface area contributed by atoms with Crippen LogP contribution in [0.5, 0.6) is 0 Å². The van der Waals surface area contributed by atoms with E-state index in [-0.39, 0.29) is 28.7 Å². The summed E-state index contributed by atoms with van der Waals surface area (Å²) in [7, 11) is 0. The minimum Gasteiger partial charge on any atom is -0.419 e. The zero-order chi connectivity index (χ0) is 15.4. The minimum absolute atomic E-state index is 0.0603. The molecule has 0 saturated carbocycles. The zero-order valence-corrected chi connectivity index (χ0v) is 11.7. The molecule has 2 aromatic rings. The molecule has 0 aliphatic heterocycles. The lowest BCUT2D eigenvalue weighted by Gasteiger charge is -2.05. The number of nitro benzene ring substituents is 1. The van der Waals surface area contributed by atoms with E-state index in [0.29, 0.717) is 12.5 Å². The highest BCUT2D eigenvalue weighted by Crippen LogP contribution is 2.31. The second kappa shape index (κ2) is 6.05. The van der Waals surface area contributed by atoms with Crippen LogP contribution in [-0.2, 0) is 0 Å².